The lowest BCUT2D eigenvalue weighted by Crippen LogP contribution is -2.53. The summed E-state index contributed by atoms with van der Waals surface area (Å²) in [5.74, 6) is -5.05. The van der Waals surface area contributed by atoms with Crippen LogP contribution in [0.5, 0.6) is 11.5 Å². The minimum absolute atomic E-state index is 0.0560. The number of aromatic hydroxyl groups is 1. The van der Waals surface area contributed by atoms with Crippen LogP contribution in [0.15, 0.2) is 103 Å². The van der Waals surface area contributed by atoms with Gasteiger partial charge in [0.2, 0.25) is 11.8 Å². The highest BCUT2D eigenvalue weighted by Gasteiger charge is 2.70. The van der Waals surface area contributed by atoms with Gasteiger partial charge in [0, 0.05) is 20.1 Å². The van der Waals surface area contributed by atoms with Crippen molar-refractivity contribution in [2.45, 2.75) is 24.2 Å². The van der Waals surface area contributed by atoms with Gasteiger partial charge in [0.05, 0.1) is 46.7 Å². The largest absolute Gasteiger partial charge is 0.508 e. The average molecular weight is 834 g/mol. The number of nitrogens with one attached hydrogen (secondary N) is 1. The maximum absolute atomic E-state index is 15.3. The molecule has 1 saturated carbocycles. The van der Waals surface area contributed by atoms with Crippen molar-refractivity contribution in [2.75, 3.05) is 17.4 Å². The molecule has 8 rings (SSSR count). The number of phenols is 1. The van der Waals surface area contributed by atoms with E-state index in [1.807, 2.05) is 18.2 Å². The number of ether oxygens (including phenoxy) is 1. The first-order valence-corrected chi connectivity index (χ1v) is 18.3. The molecule has 0 spiro atoms. The number of benzene rings is 4. The fourth-order valence-electron chi connectivity index (χ4n) is 8.76. The topological polar surface area (TPSA) is 116 Å². The van der Waals surface area contributed by atoms with Crippen LogP contribution >= 0.6 is 45.8 Å². The second kappa shape index (κ2) is 12.7. The fourth-order valence-corrected chi connectivity index (χ4v) is 9.57. The van der Waals surface area contributed by atoms with E-state index in [1.165, 1.54) is 11.0 Å². The second-order valence-electron chi connectivity index (χ2n) is 13.3. The molecule has 51 heavy (non-hydrogen) atoms. The minimum atomic E-state index is -1.56. The number of para-hydroxylation sites is 1. The van der Waals surface area contributed by atoms with Gasteiger partial charge in [0.25, 0.3) is 11.8 Å². The molecule has 2 heterocycles. The molecule has 4 aliphatic rings. The van der Waals surface area contributed by atoms with E-state index in [1.54, 1.807) is 79.9 Å². The normalized spacial score (nSPS) is 26.8. The van der Waals surface area contributed by atoms with Gasteiger partial charge in [-0.15, -0.1) is 0 Å². The van der Waals surface area contributed by atoms with E-state index in [0.29, 0.717) is 33.3 Å². The van der Waals surface area contributed by atoms with Gasteiger partial charge in [-0.3, -0.25) is 29.5 Å². The van der Waals surface area contributed by atoms with E-state index in [9.17, 15) is 19.5 Å². The number of amides is 4. The molecule has 4 amide bonds. The molecule has 3 fully saturated rings. The number of anilines is 2. The molecule has 0 bridgehead atoms. The number of hydrogen-bond acceptors (Lipinski definition) is 7. The predicted octanol–water partition coefficient (Wildman–Crippen LogP) is 7.50. The maximum atomic E-state index is 15.3. The summed E-state index contributed by atoms with van der Waals surface area (Å²) >= 11 is 14.9. The molecule has 4 aromatic rings. The van der Waals surface area contributed by atoms with Crippen molar-refractivity contribution >= 4 is 80.8 Å². The Labute approximate surface area is 317 Å². The van der Waals surface area contributed by atoms with E-state index in [2.05, 4.69) is 28.0 Å². The molecule has 258 valence electrons. The van der Waals surface area contributed by atoms with Crippen molar-refractivity contribution < 1.29 is 29.0 Å². The Bertz CT molecular complexity index is 2160. The third kappa shape index (κ3) is 5.08. The number of carbonyl (C=O) groups excluding carboxylic acids is 4. The maximum Gasteiger partial charge on any atom is 0.260 e. The van der Waals surface area contributed by atoms with Crippen LogP contribution in [0, 0.1) is 27.2 Å². The summed E-state index contributed by atoms with van der Waals surface area (Å²) in [6.07, 6.45) is 2.33. The van der Waals surface area contributed by atoms with Gasteiger partial charge in [-0.2, -0.15) is 5.01 Å². The molecule has 2 saturated heterocycles. The van der Waals surface area contributed by atoms with Gasteiger partial charge >= 0.3 is 0 Å². The predicted molar refractivity (Wildman–Crippen MR) is 200 cm³/mol. The molecule has 2 aliphatic heterocycles. The van der Waals surface area contributed by atoms with E-state index >= 15 is 4.79 Å². The van der Waals surface area contributed by atoms with Crippen LogP contribution in [0.4, 0.5) is 11.4 Å². The van der Waals surface area contributed by atoms with Crippen LogP contribution in [-0.2, 0) is 24.6 Å². The molecule has 0 radical (unpaired) electrons. The van der Waals surface area contributed by atoms with Gasteiger partial charge < -0.3 is 9.84 Å². The number of allylic oxidation sites excluding steroid dienone is 2. The molecule has 2 aliphatic carbocycles. The van der Waals surface area contributed by atoms with Crippen LogP contribution in [0.25, 0.3) is 0 Å². The lowest BCUT2D eigenvalue weighted by atomic mass is 9.49. The first-order valence-electron chi connectivity index (χ1n) is 16.4. The highest BCUT2D eigenvalue weighted by Crippen LogP contribution is 2.65. The number of methoxy groups -OCH3 is 1. The number of imide groups is 2. The van der Waals surface area contributed by atoms with E-state index in [4.69, 9.17) is 27.9 Å². The third-order valence-corrected chi connectivity index (χ3v) is 12.2. The summed E-state index contributed by atoms with van der Waals surface area (Å²) < 4.78 is 6.41. The van der Waals surface area contributed by atoms with Crippen molar-refractivity contribution in [3.8, 4) is 11.5 Å². The van der Waals surface area contributed by atoms with E-state index < -0.39 is 46.8 Å². The Kier molecular flexibility index (Phi) is 8.39. The molecule has 12 heteroatoms. The Balaban J connectivity index is 1.33. The lowest BCUT2D eigenvalue weighted by Gasteiger charge is -2.50. The highest BCUT2D eigenvalue weighted by atomic mass is 127. The molecule has 2 N–H and O–H groups in total. The Morgan fingerprint density at radius 3 is 2.29 bits per heavy atom. The summed E-state index contributed by atoms with van der Waals surface area (Å²) in [6.45, 7) is 0. The summed E-state index contributed by atoms with van der Waals surface area (Å²) in [5, 5.41) is 13.1. The van der Waals surface area contributed by atoms with Crippen LogP contribution in [0.3, 0.4) is 0 Å². The Morgan fingerprint density at radius 1 is 0.882 bits per heavy atom. The molecule has 0 unspecified atom stereocenters. The number of carbonyl (C=O) groups is 4. The molecule has 0 aromatic heterocycles. The third-order valence-electron chi connectivity index (χ3n) is 10.9. The zero-order valence-corrected chi connectivity index (χ0v) is 30.7. The number of hydrogen-bond donors (Lipinski definition) is 2. The van der Waals surface area contributed by atoms with Crippen molar-refractivity contribution in [1.82, 2.24) is 5.01 Å². The zero-order valence-electron chi connectivity index (χ0n) is 27.1. The van der Waals surface area contributed by atoms with Gasteiger partial charge in [0.1, 0.15) is 11.5 Å². The molecular weight excluding hydrogens is 804 g/mol. The summed E-state index contributed by atoms with van der Waals surface area (Å²) in [4.78, 5) is 59.8. The summed E-state index contributed by atoms with van der Waals surface area (Å²) in [7, 11) is 1.54. The number of rotatable bonds is 6. The second-order valence-corrected chi connectivity index (χ2v) is 15.3. The van der Waals surface area contributed by atoms with Crippen LogP contribution in [0.1, 0.15) is 29.9 Å². The van der Waals surface area contributed by atoms with Crippen LogP contribution in [0.2, 0.25) is 10.0 Å². The van der Waals surface area contributed by atoms with Crippen molar-refractivity contribution in [1.29, 1.82) is 0 Å². The molecular formula is C39H30Cl2IN3O6. The van der Waals surface area contributed by atoms with Gasteiger partial charge in [0.15, 0.2) is 0 Å². The molecule has 4 aromatic carbocycles. The van der Waals surface area contributed by atoms with Crippen LogP contribution in [-0.4, -0.2) is 40.9 Å². The summed E-state index contributed by atoms with van der Waals surface area (Å²) in [6, 6.07) is 25.7. The minimum Gasteiger partial charge on any atom is -0.508 e. The number of halogens is 3. The highest BCUT2D eigenvalue weighted by molar-refractivity contribution is 14.1. The summed E-state index contributed by atoms with van der Waals surface area (Å²) in [5.41, 5.74) is 3.92. The quantitative estimate of drug-likeness (QED) is 0.118. The van der Waals surface area contributed by atoms with Gasteiger partial charge in [-0.05, 0) is 108 Å². The lowest BCUT2D eigenvalue weighted by molar-refractivity contribution is -0.138. The Hall–Kier alpha value is -4.39. The Morgan fingerprint density at radius 2 is 1.61 bits per heavy atom. The van der Waals surface area contributed by atoms with E-state index in [-0.39, 0.29) is 35.4 Å². The monoisotopic (exact) mass is 833 g/mol. The average Bonchev–Trinajstić information content (AvgIpc) is 3.51. The smallest absolute Gasteiger partial charge is 0.260 e. The first-order chi connectivity index (χ1) is 24.6. The van der Waals surface area contributed by atoms with E-state index in [0.717, 1.165) is 14.2 Å². The number of hydrazine groups is 1. The molecule has 9 nitrogen and oxygen atoms in total. The van der Waals surface area contributed by atoms with Crippen LogP contribution < -0.4 is 15.1 Å². The van der Waals surface area contributed by atoms with Crippen molar-refractivity contribution in [3.63, 3.8) is 0 Å². The fraction of sp³-hybridized carbons (Fsp3) is 0.231. The van der Waals surface area contributed by atoms with Gasteiger partial charge in [-0.25, -0.2) is 0 Å². The van der Waals surface area contributed by atoms with Gasteiger partial charge in [-0.1, -0.05) is 65.2 Å². The standard InChI is InChI=1S/C39H30Cl2IN3O6/c1-51-24-13-6-20(7-14-24)39-29(36(48)45(38(39)50)43-31-17-8-21(40)18-30(31)41)19-28-25(34(39)26-4-2-3-5-32(26)46)15-16-27-33(28)37(49)44(35(27)47)23-11-9-22(42)10-12-23/h2-15,17-18,27-29,33-34,43,46H,16,19H2,1H3/t27-,28+,29-,33-,34+,39+/m0/s1. The SMILES string of the molecule is COc1ccc([C@@]23C(=O)N(Nc4ccc(Cl)cc4Cl)C(=O)[C@@H]2C[C@@H]2C(=CC[C@@H]4C(=O)N(c5ccc(I)cc5)C(=O)[C@@H]42)[C@@H]3c2ccccc2O)cc1. The number of nitrogens with zero attached hydrogens (tertiary/aromatic N) is 2. The number of fused-ring (bicyclic) bond motifs is 4. The first kappa shape index (κ1) is 33.7. The zero-order chi connectivity index (χ0) is 35.8. The van der Waals surface area contributed by atoms with Crippen molar-refractivity contribution in [3.05, 3.63) is 127 Å². The van der Waals surface area contributed by atoms with Crippen molar-refractivity contribution in [2.24, 2.45) is 23.7 Å². The number of phenolic OH excluding ortho intramolecular Hbond substituents is 1. The molecule has 6 atom stereocenters.